The average Bonchev–Trinajstić information content (AvgIpc) is 2.67. The highest BCUT2D eigenvalue weighted by atomic mass is 16.5. The van der Waals surface area contributed by atoms with Crippen LogP contribution in [0, 0.1) is 5.92 Å². The Morgan fingerprint density at radius 1 is 1.12 bits per heavy atom. The lowest BCUT2D eigenvalue weighted by Gasteiger charge is -2.22. The van der Waals surface area contributed by atoms with Gasteiger partial charge in [0.25, 0.3) is 5.91 Å². The SMILES string of the molecule is NC(=O)Oc1ccc(C(=O)NCC2CCOCC2)cc1-c1ccccc1. The van der Waals surface area contributed by atoms with Gasteiger partial charge in [0, 0.05) is 30.9 Å². The molecular formula is C20H22N2O4. The molecule has 0 aliphatic carbocycles. The van der Waals surface area contributed by atoms with Crippen LogP contribution in [0.25, 0.3) is 11.1 Å². The molecule has 1 fully saturated rings. The van der Waals surface area contributed by atoms with Crippen molar-refractivity contribution in [3.8, 4) is 16.9 Å². The summed E-state index contributed by atoms with van der Waals surface area (Å²) in [5.74, 6) is 0.614. The molecule has 0 atom stereocenters. The zero-order valence-electron chi connectivity index (χ0n) is 14.4. The van der Waals surface area contributed by atoms with Crippen LogP contribution >= 0.6 is 0 Å². The minimum atomic E-state index is -0.890. The highest BCUT2D eigenvalue weighted by molar-refractivity contribution is 5.96. The van der Waals surface area contributed by atoms with Crippen molar-refractivity contribution in [2.24, 2.45) is 11.7 Å². The molecule has 3 rings (SSSR count). The van der Waals surface area contributed by atoms with Gasteiger partial charge < -0.3 is 20.5 Å². The second kappa shape index (κ2) is 8.49. The number of carbonyl (C=O) groups is 2. The zero-order valence-corrected chi connectivity index (χ0v) is 14.4. The van der Waals surface area contributed by atoms with E-state index in [1.54, 1.807) is 18.2 Å². The van der Waals surface area contributed by atoms with Crippen molar-refractivity contribution in [1.82, 2.24) is 5.32 Å². The monoisotopic (exact) mass is 354 g/mol. The molecule has 0 saturated carbocycles. The summed E-state index contributed by atoms with van der Waals surface area (Å²) in [6, 6.07) is 14.3. The number of benzene rings is 2. The lowest BCUT2D eigenvalue weighted by atomic mass is 9.99. The summed E-state index contributed by atoms with van der Waals surface area (Å²) in [7, 11) is 0. The molecule has 0 bridgehead atoms. The molecule has 1 heterocycles. The number of hydrogen-bond donors (Lipinski definition) is 2. The van der Waals surface area contributed by atoms with Crippen molar-refractivity contribution in [1.29, 1.82) is 0 Å². The van der Waals surface area contributed by atoms with E-state index in [2.05, 4.69) is 5.32 Å². The molecule has 6 heteroatoms. The van der Waals surface area contributed by atoms with Crippen molar-refractivity contribution in [3.05, 3.63) is 54.1 Å². The molecule has 2 amide bonds. The Labute approximate surface area is 152 Å². The fraction of sp³-hybridized carbons (Fsp3) is 0.300. The summed E-state index contributed by atoms with van der Waals surface area (Å²) in [4.78, 5) is 23.7. The maximum atomic E-state index is 12.5. The summed E-state index contributed by atoms with van der Waals surface area (Å²) in [5, 5.41) is 2.98. The van der Waals surface area contributed by atoms with Crippen LogP contribution < -0.4 is 15.8 Å². The van der Waals surface area contributed by atoms with Crippen molar-refractivity contribution in [2.45, 2.75) is 12.8 Å². The lowest BCUT2D eigenvalue weighted by molar-refractivity contribution is 0.0642. The van der Waals surface area contributed by atoms with E-state index in [-0.39, 0.29) is 5.91 Å². The Hall–Kier alpha value is -2.86. The Morgan fingerprint density at radius 2 is 1.85 bits per heavy atom. The third kappa shape index (κ3) is 4.61. The van der Waals surface area contributed by atoms with Crippen LogP contribution in [0.4, 0.5) is 4.79 Å². The van der Waals surface area contributed by atoms with Crippen LogP contribution in [0.15, 0.2) is 48.5 Å². The molecule has 0 radical (unpaired) electrons. The number of hydrogen-bond acceptors (Lipinski definition) is 4. The fourth-order valence-corrected chi connectivity index (χ4v) is 3.00. The molecule has 0 aromatic heterocycles. The predicted molar refractivity (Wildman–Crippen MR) is 98.0 cm³/mol. The molecule has 136 valence electrons. The Morgan fingerprint density at radius 3 is 2.54 bits per heavy atom. The average molecular weight is 354 g/mol. The van der Waals surface area contributed by atoms with Gasteiger partial charge in [0.05, 0.1) is 0 Å². The maximum absolute atomic E-state index is 12.5. The van der Waals surface area contributed by atoms with E-state index in [1.807, 2.05) is 30.3 Å². The van der Waals surface area contributed by atoms with Gasteiger partial charge in [0.2, 0.25) is 0 Å². The number of carbonyl (C=O) groups excluding carboxylic acids is 2. The summed E-state index contributed by atoms with van der Waals surface area (Å²) in [6.07, 6.45) is 1.03. The molecule has 3 N–H and O–H groups in total. The van der Waals surface area contributed by atoms with Crippen LogP contribution in [0.5, 0.6) is 5.75 Å². The second-order valence-electron chi connectivity index (χ2n) is 6.26. The van der Waals surface area contributed by atoms with Crippen molar-refractivity contribution in [2.75, 3.05) is 19.8 Å². The lowest BCUT2D eigenvalue weighted by Crippen LogP contribution is -2.32. The maximum Gasteiger partial charge on any atom is 0.409 e. The van der Waals surface area contributed by atoms with Gasteiger partial charge in [-0.25, -0.2) is 4.79 Å². The van der Waals surface area contributed by atoms with Crippen LogP contribution in [0.1, 0.15) is 23.2 Å². The molecule has 6 nitrogen and oxygen atoms in total. The van der Waals surface area contributed by atoms with E-state index in [4.69, 9.17) is 15.2 Å². The third-order valence-corrected chi connectivity index (χ3v) is 4.43. The minimum absolute atomic E-state index is 0.153. The predicted octanol–water partition coefficient (Wildman–Crippen LogP) is 2.97. The molecule has 26 heavy (non-hydrogen) atoms. The van der Waals surface area contributed by atoms with Gasteiger partial charge in [-0.05, 0) is 42.5 Å². The summed E-state index contributed by atoms with van der Waals surface area (Å²) >= 11 is 0. The van der Waals surface area contributed by atoms with E-state index in [1.165, 1.54) is 0 Å². The van der Waals surface area contributed by atoms with Gasteiger partial charge in [-0.1, -0.05) is 30.3 Å². The molecule has 1 aliphatic heterocycles. The number of nitrogens with one attached hydrogen (secondary N) is 1. The fourth-order valence-electron chi connectivity index (χ4n) is 3.00. The van der Waals surface area contributed by atoms with Gasteiger partial charge >= 0.3 is 6.09 Å². The molecule has 0 spiro atoms. The van der Waals surface area contributed by atoms with Crippen LogP contribution in [-0.4, -0.2) is 31.8 Å². The Kier molecular flexibility index (Phi) is 5.86. The number of rotatable bonds is 5. The van der Waals surface area contributed by atoms with E-state index in [0.717, 1.165) is 31.6 Å². The molecule has 2 aromatic carbocycles. The number of amides is 2. The first-order chi connectivity index (χ1) is 12.6. The van der Waals surface area contributed by atoms with Gasteiger partial charge in [-0.15, -0.1) is 0 Å². The van der Waals surface area contributed by atoms with Gasteiger partial charge in [0.1, 0.15) is 5.75 Å². The minimum Gasteiger partial charge on any atom is -0.410 e. The standard InChI is InChI=1S/C20H22N2O4/c21-20(24)26-18-7-6-16(12-17(18)15-4-2-1-3-5-15)19(23)22-13-14-8-10-25-11-9-14/h1-7,12,14H,8-11,13H2,(H2,21,24)(H,22,23). The Bertz CT molecular complexity index is 771. The summed E-state index contributed by atoms with van der Waals surface area (Å²) in [6.45, 7) is 2.12. The molecule has 2 aromatic rings. The normalized spacial score (nSPS) is 14.6. The highest BCUT2D eigenvalue weighted by Gasteiger charge is 2.17. The van der Waals surface area contributed by atoms with Gasteiger partial charge in [-0.3, -0.25) is 4.79 Å². The molecular weight excluding hydrogens is 332 g/mol. The van der Waals surface area contributed by atoms with Crippen molar-refractivity contribution in [3.63, 3.8) is 0 Å². The van der Waals surface area contributed by atoms with Crippen molar-refractivity contribution < 1.29 is 19.1 Å². The third-order valence-electron chi connectivity index (χ3n) is 4.43. The number of nitrogens with two attached hydrogens (primary N) is 1. The smallest absolute Gasteiger partial charge is 0.409 e. The van der Waals surface area contributed by atoms with Crippen molar-refractivity contribution >= 4 is 12.0 Å². The van der Waals surface area contributed by atoms with E-state index < -0.39 is 6.09 Å². The number of primary amides is 1. The Balaban J connectivity index is 1.79. The summed E-state index contributed by atoms with van der Waals surface area (Å²) < 4.78 is 10.4. The quantitative estimate of drug-likeness (QED) is 0.864. The van der Waals surface area contributed by atoms with Gasteiger partial charge in [0.15, 0.2) is 0 Å². The first-order valence-corrected chi connectivity index (χ1v) is 8.66. The highest BCUT2D eigenvalue weighted by Crippen LogP contribution is 2.31. The topological polar surface area (TPSA) is 90.7 Å². The number of ether oxygens (including phenoxy) is 2. The zero-order chi connectivity index (χ0) is 18.4. The second-order valence-corrected chi connectivity index (χ2v) is 6.26. The first kappa shape index (κ1) is 17.9. The van der Waals surface area contributed by atoms with E-state index in [9.17, 15) is 9.59 Å². The summed E-state index contributed by atoms with van der Waals surface area (Å²) in [5.41, 5.74) is 7.13. The molecule has 1 aliphatic rings. The van der Waals surface area contributed by atoms with Crippen LogP contribution in [-0.2, 0) is 4.74 Å². The molecule has 1 saturated heterocycles. The van der Waals surface area contributed by atoms with E-state index >= 15 is 0 Å². The van der Waals surface area contributed by atoms with Gasteiger partial charge in [-0.2, -0.15) is 0 Å². The largest absolute Gasteiger partial charge is 0.410 e. The van der Waals surface area contributed by atoms with Crippen LogP contribution in [0.3, 0.4) is 0 Å². The molecule has 0 unspecified atom stereocenters. The van der Waals surface area contributed by atoms with E-state index in [0.29, 0.717) is 29.3 Å². The first-order valence-electron chi connectivity index (χ1n) is 8.66. The van der Waals surface area contributed by atoms with Crippen LogP contribution in [0.2, 0.25) is 0 Å².